The minimum Gasteiger partial charge on any atom is -0.481 e. The van der Waals surface area contributed by atoms with E-state index in [1.165, 1.54) is 0 Å². The maximum Gasteiger partial charge on any atom is 0.391 e. The van der Waals surface area contributed by atoms with E-state index in [0.29, 0.717) is 11.5 Å². The second-order valence-electron chi connectivity index (χ2n) is 5.13. The van der Waals surface area contributed by atoms with Gasteiger partial charge in [-0.1, -0.05) is 60.7 Å². The second kappa shape index (κ2) is 7.93. The molecule has 5 heteroatoms. The molecule has 0 bridgehead atoms. The molecule has 0 aliphatic rings. The number of hydrogen-bond donors (Lipinski definition) is 2. The summed E-state index contributed by atoms with van der Waals surface area (Å²) < 4.78 is 11.0. The molecule has 0 radical (unpaired) electrons. The van der Waals surface area contributed by atoms with Crippen LogP contribution in [-0.2, 0) is 0 Å². The first-order valence-corrected chi connectivity index (χ1v) is 8.61. The van der Waals surface area contributed by atoms with Gasteiger partial charge in [-0.05, 0) is 35.4 Å². The van der Waals surface area contributed by atoms with Crippen LogP contribution >= 0.6 is 8.60 Å². The van der Waals surface area contributed by atoms with Crippen molar-refractivity contribution in [2.75, 3.05) is 0 Å². The Kier molecular flexibility index (Phi) is 5.44. The highest BCUT2D eigenvalue weighted by atomic mass is 31.2. The normalized spacial score (nSPS) is 10.8. The number of ether oxygens (including phenoxy) is 1. The lowest BCUT2D eigenvalue weighted by molar-refractivity contribution is 0.247. The molecule has 0 unspecified atom stereocenters. The highest BCUT2D eigenvalue weighted by Crippen LogP contribution is 2.32. The van der Waals surface area contributed by atoms with Crippen molar-refractivity contribution in [1.29, 1.82) is 0 Å². The van der Waals surface area contributed by atoms with Crippen molar-refractivity contribution >= 4 is 8.60 Å². The van der Waals surface area contributed by atoms with Crippen molar-refractivity contribution in [2.45, 2.75) is 6.10 Å². The Bertz CT molecular complexity index is 706. The summed E-state index contributed by atoms with van der Waals surface area (Å²) in [7, 11) is -2.42. The van der Waals surface area contributed by atoms with Gasteiger partial charge in [0.25, 0.3) is 0 Å². The van der Waals surface area contributed by atoms with Crippen LogP contribution in [0.3, 0.4) is 0 Å². The Balaban J connectivity index is 1.85. The van der Waals surface area contributed by atoms with Crippen LogP contribution in [0.1, 0.15) is 17.2 Å². The highest BCUT2D eigenvalue weighted by molar-refractivity contribution is 7.39. The van der Waals surface area contributed by atoms with E-state index < -0.39 is 8.60 Å². The van der Waals surface area contributed by atoms with E-state index in [-0.39, 0.29) is 6.10 Å². The molecule has 2 N–H and O–H groups in total. The van der Waals surface area contributed by atoms with Crippen molar-refractivity contribution in [2.24, 2.45) is 0 Å². The predicted octanol–water partition coefficient (Wildman–Crippen LogP) is 4.45. The first kappa shape index (κ1) is 16.5. The van der Waals surface area contributed by atoms with Gasteiger partial charge in [-0.3, -0.25) is 0 Å². The van der Waals surface area contributed by atoms with E-state index in [4.69, 9.17) is 19.0 Å². The van der Waals surface area contributed by atoms with Gasteiger partial charge in [0.2, 0.25) is 0 Å². The van der Waals surface area contributed by atoms with Crippen molar-refractivity contribution in [3.8, 4) is 11.5 Å². The zero-order valence-electron chi connectivity index (χ0n) is 12.8. The molecule has 0 saturated heterocycles. The number of rotatable bonds is 6. The minimum atomic E-state index is -2.42. The van der Waals surface area contributed by atoms with Gasteiger partial charge in [0.1, 0.15) is 17.6 Å². The summed E-state index contributed by atoms with van der Waals surface area (Å²) in [5.41, 5.74) is 2.11. The molecule has 0 saturated carbocycles. The molecule has 122 valence electrons. The summed E-state index contributed by atoms with van der Waals surface area (Å²) in [6, 6.07) is 26.8. The highest BCUT2D eigenvalue weighted by Gasteiger charge is 2.15. The quantitative estimate of drug-likeness (QED) is 0.651. The summed E-state index contributed by atoms with van der Waals surface area (Å²) >= 11 is 0. The molecule has 0 aliphatic heterocycles. The molecule has 4 nitrogen and oxygen atoms in total. The van der Waals surface area contributed by atoms with Crippen LogP contribution in [0.5, 0.6) is 11.5 Å². The van der Waals surface area contributed by atoms with Crippen molar-refractivity contribution in [3.05, 3.63) is 96.1 Å². The van der Waals surface area contributed by atoms with Gasteiger partial charge in [0.05, 0.1) is 0 Å². The summed E-state index contributed by atoms with van der Waals surface area (Å²) in [5, 5.41) is 0. The molecule has 0 atom stereocenters. The molecular weight excluding hydrogens is 323 g/mol. The fourth-order valence-corrected chi connectivity index (χ4v) is 2.70. The Labute approximate surface area is 141 Å². The summed E-state index contributed by atoms with van der Waals surface area (Å²) in [4.78, 5) is 17.8. The lowest BCUT2D eigenvalue weighted by atomic mass is 10.0. The Morgan fingerprint density at radius 3 is 1.54 bits per heavy atom. The third-order valence-corrected chi connectivity index (χ3v) is 3.84. The first-order chi connectivity index (χ1) is 11.7. The molecule has 0 heterocycles. The Hall–Kier alpha value is -2.39. The predicted molar refractivity (Wildman–Crippen MR) is 93.8 cm³/mol. The van der Waals surface area contributed by atoms with Gasteiger partial charge in [-0.15, -0.1) is 0 Å². The smallest absolute Gasteiger partial charge is 0.391 e. The van der Waals surface area contributed by atoms with E-state index >= 15 is 0 Å². The fraction of sp³-hybridized carbons (Fsp3) is 0.0526. The summed E-state index contributed by atoms with van der Waals surface area (Å²) in [6.07, 6.45) is -0.230. The van der Waals surface area contributed by atoms with Crippen LogP contribution in [-0.4, -0.2) is 9.79 Å². The lowest BCUT2D eigenvalue weighted by Gasteiger charge is -2.20. The number of benzene rings is 3. The van der Waals surface area contributed by atoms with Crippen LogP contribution in [0.2, 0.25) is 0 Å². The lowest BCUT2D eigenvalue weighted by Crippen LogP contribution is -2.09. The van der Waals surface area contributed by atoms with Crippen molar-refractivity contribution in [1.82, 2.24) is 0 Å². The van der Waals surface area contributed by atoms with Crippen LogP contribution in [0.25, 0.3) is 0 Å². The molecule has 24 heavy (non-hydrogen) atoms. The average molecular weight is 340 g/mol. The second-order valence-corrected chi connectivity index (χ2v) is 5.82. The van der Waals surface area contributed by atoms with Gasteiger partial charge in [-0.2, -0.15) is 0 Å². The van der Waals surface area contributed by atoms with Gasteiger partial charge in [-0.25, -0.2) is 0 Å². The average Bonchev–Trinajstić information content (AvgIpc) is 2.62. The zero-order valence-corrected chi connectivity index (χ0v) is 13.7. The minimum absolute atomic E-state index is 0.230. The summed E-state index contributed by atoms with van der Waals surface area (Å²) in [5.74, 6) is 1.05. The van der Waals surface area contributed by atoms with Crippen LogP contribution in [0.15, 0.2) is 84.9 Å². The van der Waals surface area contributed by atoms with Crippen molar-refractivity contribution in [3.63, 3.8) is 0 Å². The van der Waals surface area contributed by atoms with Crippen LogP contribution < -0.4 is 9.26 Å². The van der Waals surface area contributed by atoms with Crippen LogP contribution in [0, 0.1) is 0 Å². The first-order valence-electron chi connectivity index (χ1n) is 7.45. The molecule has 3 rings (SSSR count). The van der Waals surface area contributed by atoms with Crippen LogP contribution in [0.4, 0.5) is 0 Å². The van der Waals surface area contributed by atoms with Gasteiger partial charge >= 0.3 is 8.60 Å². The molecule has 3 aromatic carbocycles. The fourth-order valence-electron chi connectivity index (χ4n) is 2.39. The molecular formula is C19H17O4P. The van der Waals surface area contributed by atoms with Crippen molar-refractivity contribution < 1.29 is 19.0 Å². The van der Waals surface area contributed by atoms with E-state index in [9.17, 15) is 0 Å². The largest absolute Gasteiger partial charge is 0.481 e. The van der Waals surface area contributed by atoms with Gasteiger partial charge in [0, 0.05) is 0 Å². The van der Waals surface area contributed by atoms with E-state index in [1.807, 2.05) is 60.7 Å². The Morgan fingerprint density at radius 2 is 1.08 bits per heavy atom. The number of hydrogen-bond acceptors (Lipinski definition) is 4. The monoisotopic (exact) mass is 340 g/mol. The maximum absolute atomic E-state index is 8.88. The summed E-state index contributed by atoms with van der Waals surface area (Å²) in [6.45, 7) is 0. The molecule has 0 amide bonds. The maximum atomic E-state index is 8.88. The standard InChI is InChI=1S/C19H17O4P/c20-24(21)23-18-13-11-17(12-14-18)22-19(15-7-3-1-4-8-15)16-9-5-2-6-10-16/h1-14,19-21H. The van der Waals surface area contributed by atoms with E-state index in [0.717, 1.165) is 11.1 Å². The molecule has 0 aliphatic carbocycles. The Morgan fingerprint density at radius 1 is 0.625 bits per heavy atom. The van der Waals surface area contributed by atoms with E-state index in [2.05, 4.69) is 0 Å². The third kappa shape index (κ3) is 4.33. The van der Waals surface area contributed by atoms with E-state index in [1.54, 1.807) is 24.3 Å². The third-order valence-electron chi connectivity index (χ3n) is 3.47. The molecule has 3 aromatic rings. The topological polar surface area (TPSA) is 58.9 Å². The van der Waals surface area contributed by atoms with Gasteiger partial charge < -0.3 is 19.0 Å². The molecule has 0 fully saturated rings. The zero-order chi connectivity index (χ0) is 16.8. The van der Waals surface area contributed by atoms with Gasteiger partial charge in [0.15, 0.2) is 0 Å². The molecule has 0 aromatic heterocycles. The SMILES string of the molecule is OP(O)Oc1ccc(OC(c2ccccc2)c2ccccc2)cc1. The molecule has 0 spiro atoms.